The van der Waals surface area contributed by atoms with Crippen molar-refractivity contribution in [1.82, 2.24) is 4.90 Å². The van der Waals surface area contributed by atoms with Crippen LogP contribution in [0.25, 0.3) is 16.8 Å². The number of hydrogen-bond acceptors (Lipinski definition) is 6. The summed E-state index contributed by atoms with van der Waals surface area (Å²) in [5.41, 5.74) is 1.37. The fraction of sp³-hybridized carbons (Fsp3) is 0.130. The number of nitrogens with zero attached hydrogens (tertiary/aromatic N) is 1. The highest BCUT2D eigenvalue weighted by Gasteiger charge is 2.36. The van der Waals surface area contributed by atoms with Gasteiger partial charge in [-0.2, -0.15) is 0 Å². The Hall–Kier alpha value is -3.16. The van der Waals surface area contributed by atoms with Crippen LogP contribution in [0, 0.1) is 0 Å². The predicted octanol–water partition coefficient (Wildman–Crippen LogP) is 5.47. The van der Waals surface area contributed by atoms with E-state index < -0.39 is 0 Å². The van der Waals surface area contributed by atoms with Gasteiger partial charge in [0, 0.05) is 16.7 Å². The maximum Gasteiger partial charge on any atom is 0.293 e. The van der Waals surface area contributed by atoms with Crippen LogP contribution in [-0.4, -0.2) is 29.9 Å². The minimum Gasteiger partial charge on any atom is -0.496 e. The standard InChI is InChI=1S/C23H16ClNO5S/c1-28-18-7-6-13-4-2-3-5-15(13)16(18)9-21-22(26)25(23(27)31-21)11-14-8-19-20(10-17(14)24)30-12-29-19/h2-10H,11-12H2,1H3/b21-9-. The van der Waals surface area contributed by atoms with Crippen molar-refractivity contribution in [3.8, 4) is 17.2 Å². The number of carbonyl (C=O) groups is 2. The zero-order valence-corrected chi connectivity index (χ0v) is 18.0. The molecule has 2 amide bonds. The van der Waals surface area contributed by atoms with Gasteiger partial charge in [0.25, 0.3) is 11.1 Å². The molecule has 2 aliphatic rings. The van der Waals surface area contributed by atoms with E-state index in [0.717, 1.165) is 28.1 Å². The summed E-state index contributed by atoms with van der Waals surface area (Å²) in [6.07, 6.45) is 1.72. The third-order valence-corrected chi connectivity index (χ3v) is 6.43. The van der Waals surface area contributed by atoms with Gasteiger partial charge < -0.3 is 14.2 Å². The molecule has 1 fully saturated rings. The Balaban J connectivity index is 1.49. The molecule has 31 heavy (non-hydrogen) atoms. The molecule has 6 nitrogen and oxygen atoms in total. The summed E-state index contributed by atoms with van der Waals surface area (Å²) >= 11 is 7.23. The van der Waals surface area contributed by atoms with E-state index in [1.54, 1.807) is 25.3 Å². The Kier molecular flexibility index (Phi) is 5.00. The van der Waals surface area contributed by atoms with Gasteiger partial charge in [0.15, 0.2) is 11.5 Å². The first-order valence-electron chi connectivity index (χ1n) is 9.44. The van der Waals surface area contributed by atoms with Crippen LogP contribution >= 0.6 is 23.4 Å². The van der Waals surface area contributed by atoms with Crippen molar-refractivity contribution in [2.75, 3.05) is 13.9 Å². The van der Waals surface area contributed by atoms with E-state index >= 15 is 0 Å². The van der Waals surface area contributed by atoms with Gasteiger partial charge in [-0.3, -0.25) is 14.5 Å². The maximum atomic E-state index is 13.1. The van der Waals surface area contributed by atoms with Crippen LogP contribution in [0.3, 0.4) is 0 Å². The number of ether oxygens (including phenoxy) is 3. The van der Waals surface area contributed by atoms with Gasteiger partial charge in [0.1, 0.15) is 5.75 Å². The van der Waals surface area contributed by atoms with Crippen LogP contribution in [0.1, 0.15) is 11.1 Å². The third kappa shape index (κ3) is 3.49. The van der Waals surface area contributed by atoms with Crippen LogP contribution < -0.4 is 14.2 Å². The molecule has 2 aliphatic heterocycles. The summed E-state index contributed by atoms with van der Waals surface area (Å²) in [7, 11) is 1.58. The lowest BCUT2D eigenvalue weighted by atomic mass is 10.0. The molecule has 3 aromatic carbocycles. The summed E-state index contributed by atoms with van der Waals surface area (Å²) in [5, 5.41) is 2.00. The normalized spacial score (nSPS) is 16.6. The summed E-state index contributed by atoms with van der Waals surface area (Å²) in [4.78, 5) is 27.2. The monoisotopic (exact) mass is 453 g/mol. The lowest BCUT2D eigenvalue weighted by molar-refractivity contribution is -0.123. The van der Waals surface area contributed by atoms with E-state index in [2.05, 4.69) is 0 Å². The number of amides is 2. The van der Waals surface area contributed by atoms with Crippen LogP contribution in [0.5, 0.6) is 17.2 Å². The Morgan fingerprint density at radius 3 is 2.71 bits per heavy atom. The van der Waals surface area contributed by atoms with Crippen molar-refractivity contribution in [1.29, 1.82) is 0 Å². The number of thioether (sulfide) groups is 1. The lowest BCUT2D eigenvalue weighted by Crippen LogP contribution is -2.27. The van der Waals surface area contributed by atoms with E-state index in [1.807, 2.05) is 36.4 Å². The fourth-order valence-electron chi connectivity index (χ4n) is 3.62. The molecule has 2 heterocycles. The second-order valence-corrected chi connectivity index (χ2v) is 8.37. The van der Waals surface area contributed by atoms with Crippen molar-refractivity contribution in [2.24, 2.45) is 0 Å². The SMILES string of the molecule is COc1ccc2ccccc2c1/C=C1\SC(=O)N(Cc2cc3c(cc2Cl)OCO3)C1=O. The average Bonchev–Trinajstić information content (AvgIpc) is 3.33. The van der Waals surface area contributed by atoms with Gasteiger partial charge in [0.05, 0.1) is 18.6 Å². The highest BCUT2D eigenvalue weighted by atomic mass is 35.5. The van der Waals surface area contributed by atoms with Crippen LogP contribution in [0.15, 0.2) is 53.4 Å². The number of fused-ring (bicyclic) bond motifs is 2. The Morgan fingerprint density at radius 2 is 1.90 bits per heavy atom. The van der Waals surface area contributed by atoms with Crippen molar-refractivity contribution >= 4 is 51.4 Å². The lowest BCUT2D eigenvalue weighted by Gasteiger charge is -2.14. The molecule has 0 aromatic heterocycles. The second-order valence-electron chi connectivity index (χ2n) is 6.97. The molecule has 3 aromatic rings. The third-order valence-electron chi connectivity index (χ3n) is 5.17. The zero-order valence-electron chi connectivity index (χ0n) is 16.4. The molecular weight excluding hydrogens is 438 g/mol. The Labute approximate surface area is 187 Å². The van der Waals surface area contributed by atoms with Crippen LogP contribution in [0.4, 0.5) is 4.79 Å². The smallest absolute Gasteiger partial charge is 0.293 e. The van der Waals surface area contributed by atoms with Gasteiger partial charge in [-0.05, 0) is 46.3 Å². The van der Waals surface area contributed by atoms with Gasteiger partial charge in [-0.1, -0.05) is 41.9 Å². The summed E-state index contributed by atoms with van der Waals surface area (Å²) in [6, 6.07) is 15.0. The minimum atomic E-state index is -0.376. The fourth-order valence-corrected chi connectivity index (χ4v) is 4.65. The van der Waals surface area contributed by atoms with E-state index in [4.69, 9.17) is 25.8 Å². The van der Waals surface area contributed by atoms with Crippen molar-refractivity contribution in [3.05, 3.63) is 69.6 Å². The van der Waals surface area contributed by atoms with Crippen LogP contribution in [0.2, 0.25) is 5.02 Å². The van der Waals surface area contributed by atoms with Gasteiger partial charge in [-0.25, -0.2) is 0 Å². The first-order valence-corrected chi connectivity index (χ1v) is 10.6. The molecule has 0 radical (unpaired) electrons. The summed E-state index contributed by atoms with van der Waals surface area (Å²) < 4.78 is 16.2. The van der Waals surface area contributed by atoms with Crippen molar-refractivity contribution < 1.29 is 23.8 Å². The maximum absolute atomic E-state index is 13.1. The number of carbonyl (C=O) groups excluding carboxylic acids is 2. The van der Waals surface area contributed by atoms with Crippen molar-refractivity contribution in [2.45, 2.75) is 6.54 Å². The summed E-state index contributed by atoms with van der Waals surface area (Å²) in [6.45, 7) is 0.163. The molecule has 0 atom stereocenters. The van der Waals surface area contributed by atoms with Crippen LogP contribution in [-0.2, 0) is 11.3 Å². The number of halogens is 1. The summed E-state index contributed by atoms with van der Waals surface area (Å²) in [5.74, 6) is 1.34. The molecule has 0 spiro atoms. The highest BCUT2D eigenvalue weighted by Crippen LogP contribution is 2.40. The number of methoxy groups -OCH3 is 1. The Morgan fingerprint density at radius 1 is 1.13 bits per heavy atom. The molecule has 0 bridgehead atoms. The molecule has 8 heteroatoms. The van der Waals surface area contributed by atoms with E-state index in [0.29, 0.717) is 32.7 Å². The van der Waals surface area contributed by atoms with Gasteiger partial charge in [0.2, 0.25) is 6.79 Å². The molecule has 0 N–H and O–H groups in total. The molecule has 0 aliphatic carbocycles. The first kappa shape index (κ1) is 19.8. The highest BCUT2D eigenvalue weighted by molar-refractivity contribution is 8.18. The second kappa shape index (κ2) is 7.83. The topological polar surface area (TPSA) is 65.1 Å². The molecule has 1 saturated heterocycles. The van der Waals surface area contributed by atoms with E-state index in [1.165, 1.54) is 4.90 Å². The van der Waals surface area contributed by atoms with Gasteiger partial charge >= 0.3 is 0 Å². The largest absolute Gasteiger partial charge is 0.496 e. The van der Waals surface area contributed by atoms with E-state index in [-0.39, 0.29) is 24.5 Å². The molecule has 5 rings (SSSR count). The number of benzene rings is 3. The molecular formula is C23H16ClNO5S. The Bertz CT molecular complexity index is 1270. The number of hydrogen-bond donors (Lipinski definition) is 0. The number of imide groups is 1. The predicted molar refractivity (Wildman–Crippen MR) is 120 cm³/mol. The quantitative estimate of drug-likeness (QED) is 0.488. The molecule has 0 saturated carbocycles. The number of rotatable bonds is 4. The van der Waals surface area contributed by atoms with Gasteiger partial charge in [-0.15, -0.1) is 0 Å². The zero-order chi connectivity index (χ0) is 21.5. The average molecular weight is 454 g/mol. The van der Waals surface area contributed by atoms with E-state index in [9.17, 15) is 9.59 Å². The molecule has 156 valence electrons. The first-order chi connectivity index (χ1) is 15.0. The molecule has 0 unspecified atom stereocenters. The van der Waals surface area contributed by atoms with Crippen molar-refractivity contribution in [3.63, 3.8) is 0 Å². The minimum absolute atomic E-state index is 0.0458.